The molecule has 160 valence electrons. The zero-order valence-corrected chi connectivity index (χ0v) is 16.8. The molecule has 0 saturated carbocycles. The second-order valence-corrected chi connectivity index (χ2v) is 7.85. The number of nitrogens with one attached hydrogen (secondary N) is 1. The van der Waals surface area contributed by atoms with Crippen LogP contribution in [0.4, 0.5) is 18.9 Å². The Kier molecular flexibility index (Phi) is 6.45. The van der Waals surface area contributed by atoms with E-state index in [1.54, 1.807) is 29.6 Å². The fourth-order valence-electron chi connectivity index (χ4n) is 3.23. The average molecular weight is 440 g/mol. The van der Waals surface area contributed by atoms with Crippen molar-refractivity contribution in [3.05, 3.63) is 52.2 Å². The van der Waals surface area contributed by atoms with Crippen molar-refractivity contribution in [1.82, 2.24) is 5.32 Å². The fourth-order valence-corrected chi connectivity index (χ4v) is 4.11. The summed E-state index contributed by atoms with van der Waals surface area (Å²) in [5.74, 6) is -3.03. The quantitative estimate of drug-likeness (QED) is 0.699. The van der Waals surface area contributed by atoms with Gasteiger partial charge >= 0.3 is 12.1 Å². The Morgan fingerprint density at radius 2 is 1.93 bits per heavy atom. The first kappa shape index (κ1) is 21.8. The number of hydrogen-bond donors (Lipinski definition) is 1. The minimum absolute atomic E-state index is 0.126. The lowest BCUT2D eigenvalue weighted by Gasteiger charge is -2.27. The first-order valence-corrected chi connectivity index (χ1v) is 9.96. The Bertz CT molecular complexity index is 913. The lowest BCUT2D eigenvalue weighted by Crippen LogP contribution is -2.37. The maximum atomic E-state index is 12.7. The van der Waals surface area contributed by atoms with Crippen LogP contribution in [0.5, 0.6) is 0 Å². The highest BCUT2D eigenvalue weighted by Gasteiger charge is 2.46. The molecule has 1 aliphatic rings. The summed E-state index contributed by atoms with van der Waals surface area (Å²) < 4.78 is 41.5. The number of carbonyl (C=O) groups excluding carboxylic acids is 3. The van der Waals surface area contributed by atoms with E-state index >= 15 is 0 Å². The molecule has 30 heavy (non-hydrogen) atoms. The summed E-state index contributed by atoms with van der Waals surface area (Å²) in [6, 6.07) is 10.2. The minimum atomic E-state index is -4.56. The smallest absolute Gasteiger partial charge is 0.405 e. The van der Waals surface area contributed by atoms with Crippen LogP contribution in [0.2, 0.25) is 0 Å². The van der Waals surface area contributed by atoms with Gasteiger partial charge in [-0.2, -0.15) is 13.2 Å². The Hall–Kier alpha value is -2.88. The van der Waals surface area contributed by atoms with E-state index < -0.39 is 43.2 Å². The van der Waals surface area contributed by atoms with Gasteiger partial charge in [0.25, 0.3) is 5.91 Å². The second kappa shape index (κ2) is 8.86. The number of amides is 2. The molecule has 1 N–H and O–H groups in total. The molecule has 1 saturated heterocycles. The molecular weight excluding hydrogens is 421 g/mol. The summed E-state index contributed by atoms with van der Waals surface area (Å²) in [4.78, 5) is 39.2. The van der Waals surface area contributed by atoms with E-state index in [2.05, 4.69) is 0 Å². The van der Waals surface area contributed by atoms with Gasteiger partial charge in [0.05, 0.1) is 12.0 Å². The van der Waals surface area contributed by atoms with Crippen molar-refractivity contribution >= 4 is 34.8 Å². The number of carbonyl (C=O) groups is 3. The number of aryl methyl sites for hydroxylation is 1. The molecule has 0 aliphatic carbocycles. The van der Waals surface area contributed by atoms with Crippen LogP contribution in [-0.4, -0.2) is 37.1 Å². The van der Waals surface area contributed by atoms with Crippen molar-refractivity contribution in [3.8, 4) is 0 Å². The fraction of sp³-hybridized carbons (Fsp3) is 0.350. The molecule has 2 atom stereocenters. The normalized spacial score (nSPS) is 19.1. The number of halogens is 3. The van der Waals surface area contributed by atoms with Gasteiger partial charge in [0.2, 0.25) is 5.91 Å². The third-order valence-electron chi connectivity index (χ3n) is 4.60. The maximum absolute atomic E-state index is 12.7. The third-order valence-corrected chi connectivity index (χ3v) is 5.55. The first-order valence-electron chi connectivity index (χ1n) is 9.08. The molecule has 10 heteroatoms. The van der Waals surface area contributed by atoms with Crippen LogP contribution in [0.25, 0.3) is 0 Å². The van der Waals surface area contributed by atoms with Crippen LogP contribution in [0.15, 0.2) is 41.8 Å². The summed E-state index contributed by atoms with van der Waals surface area (Å²) in [7, 11) is 0. The van der Waals surface area contributed by atoms with E-state index in [4.69, 9.17) is 4.74 Å². The van der Waals surface area contributed by atoms with Gasteiger partial charge in [-0.3, -0.25) is 14.4 Å². The Labute approximate surface area is 174 Å². The lowest BCUT2D eigenvalue weighted by atomic mass is 9.99. The molecular formula is C20H19F3N2O4S. The van der Waals surface area contributed by atoms with E-state index in [0.29, 0.717) is 5.69 Å². The van der Waals surface area contributed by atoms with Crippen molar-refractivity contribution in [2.45, 2.75) is 25.6 Å². The number of thiophene rings is 1. The maximum Gasteiger partial charge on any atom is 0.405 e. The molecule has 2 unspecified atom stereocenters. The van der Waals surface area contributed by atoms with Crippen molar-refractivity contribution < 1.29 is 32.3 Å². The average Bonchev–Trinajstić information content (AvgIpc) is 3.32. The van der Waals surface area contributed by atoms with Gasteiger partial charge in [0.1, 0.15) is 6.54 Å². The molecule has 2 amide bonds. The van der Waals surface area contributed by atoms with Gasteiger partial charge in [-0.15, -0.1) is 11.3 Å². The Morgan fingerprint density at radius 3 is 2.53 bits per heavy atom. The van der Waals surface area contributed by atoms with Crippen molar-refractivity contribution in [3.63, 3.8) is 0 Å². The highest BCUT2D eigenvalue weighted by atomic mass is 32.1. The number of nitrogens with zero attached hydrogens (tertiary/aromatic N) is 1. The van der Waals surface area contributed by atoms with E-state index in [-0.39, 0.29) is 12.3 Å². The summed E-state index contributed by atoms with van der Waals surface area (Å²) in [6.45, 7) is -0.443. The van der Waals surface area contributed by atoms with Crippen molar-refractivity contribution in [2.24, 2.45) is 5.92 Å². The number of rotatable bonds is 6. The zero-order valence-electron chi connectivity index (χ0n) is 15.9. The predicted octanol–water partition coefficient (Wildman–Crippen LogP) is 3.37. The van der Waals surface area contributed by atoms with E-state index in [1.807, 2.05) is 24.4 Å². The van der Waals surface area contributed by atoms with Crippen molar-refractivity contribution in [2.75, 3.05) is 18.1 Å². The van der Waals surface area contributed by atoms with Crippen LogP contribution < -0.4 is 10.2 Å². The Morgan fingerprint density at radius 1 is 1.23 bits per heavy atom. The number of benzene rings is 1. The summed E-state index contributed by atoms with van der Waals surface area (Å²) in [6.07, 6.45) is -4.68. The van der Waals surface area contributed by atoms with E-state index in [1.165, 1.54) is 16.2 Å². The van der Waals surface area contributed by atoms with Crippen LogP contribution in [0.1, 0.15) is 22.9 Å². The molecule has 1 aromatic heterocycles. The summed E-state index contributed by atoms with van der Waals surface area (Å²) in [5, 5.41) is 3.46. The number of hydrogen-bond acceptors (Lipinski definition) is 5. The van der Waals surface area contributed by atoms with Gasteiger partial charge in [0.15, 0.2) is 6.61 Å². The zero-order chi connectivity index (χ0) is 21.9. The molecule has 1 aliphatic heterocycles. The minimum Gasteiger partial charge on any atom is -0.455 e. The van der Waals surface area contributed by atoms with Gasteiger partial charge in [-0.1, -0.05) is 23.8 Å². The van der Waals surface area contributed by atoms with Gasteiger partial charge in [0, 0.05) is 17.0 Å². The third kappa shape index (κ3) is 5.18. The molecule has 1 fully saturated rings. The van der Waals surface area contributed by atoms with Crippen LogP contribution in [0, 0.1) is 12.8 Å². The molecule has 6 nitrogen and oxygen atoms in total. The van der Waals surface area contributed by atoms with Gasteiger partial charge in [-0.05, 0) is 30.5 Å². The van der Waals surface area contributed by atoms with Crippen LogP contribution >= 0.6 is 11.3 Å². The molecule has 2 heterocycles. The second-order valence-electron chi connectivity index (χ2n) is 6.87. The number of anilines is 1. The summed E-state index contributed by atoms with van der Waals surface area (Å²) in [5.41, 5.74) is 1.64. The first-order chi connectivity index (χ1) is 14.2. The largest absolute Gasteiger partial charge is 0.455 e. The van der Waals surface area contributed by atoms with E-state index in [9.17, 15) is 27.6 Å². The molecule has 0 radical (unpaired) electrons. The highest BCUT2D eigenvalue weighted by molar-refractivity contribution is 7.10. The topological polar surface area (TPSA) is 75.7 Å². The highest BCUT2D eigenvalue weighted by Crippen LogP contribution is 2.43. The monoisotopic (exact) mass is 440 g/mol. The predicted molar refractivity (Wildman–Crippen MR) is 104 cm³/mol. The van der Waals surface area contributed by atoms with E-state index in [0.717, 1.165) is 10.4 Å². The number of alkyl halides is 3. The Balaban J connectivity index is 1.75. The molecule has 3 rings (SSSR count). The van der Waals surface area contributed by atoms with Gasteiger partial charge in [-0.25, -0.2) is 0 Å². The standard InChI is InChI=1S/C20H19F3N2O4S/c1-12-4-6-13(7-5-12)25-17(27)9-14(18(25)15-3-2-8-30-15)19(28)29-10-16(26)24-11-20(21,22)23/h2-8,14,18H,9-11H2,1H3,(H,24,26). The van der Waals surface area contributed by atoms with Crippen molar-refractivity contribution in [1.29, 1.82) is 0 Å². The number of esters is 1. The number of ether oxygens (including phenoxy) is 1. The summed E-state index contributed by atoms with van der Waals surface area (Å²) >= 11 is 1.37. The SMILES string of the molecule is Cc1ccc(N2C(=O)CC(C(=O)OCC(=O)NCC(F)(F)F)C2c2cccs2)cc1. The molecule has 1 aromatic carbocycles. The molecule has 0 bridgehead atoms. The van der Waals surface area contributed by atoms with Crippen LogP contribution in [0.3, 0.4) is 0 Å². The van der Waals surface area contributed by atoms with Gasteiger partial charge < -0.3 is 15.0 Å². The molecule has 0 spiro atoms. The lowest BCUT2D eigenvalue weighted by molar-refractivity contribution is -0.155. The van der Waals surface area contributed by atoms with Crippen LogP contribution in [-0.2, 0) is 19.1 Å². The molecule has 2 aromatic rings.